The molecule has 1 aliphatic heterocycles. The van der Waals surface area contributed by atoms with Crippen LogP contribution in [0.5, 0.6) is 0 Å². The molecule has 0 fully saturated rings. The number of alkyl halides is 3. The van der Waals surface area contributed by atoms with Crippen LogP contribution in [0.3, 0.4) is 0 Å². The number of furan rings is 1. The molecule has 10 heteroatoms. The molecular formula is C24H19F3N2O5. The van der Waals surface area contributed by atoms with Crippen LogP contribution in [0.4, 0.5) is 13.2 Å². The molecule has 0 radical (unpaired) electrons. The van der Waals surface area contributed by atoms with E-state index in [0.717, 1.165) is 10.5 Å². The van der Waals surface area contributed by atoms with E-state index >= 15 is 0 Å². The Balaban J connectivity index is 1.35. The lowest BCUT2D eigenvalue weighted by molar-refractivity contribution is -0.176. The van der Waals surface area contributed by atoms with Crippen LogP contribution in [-0.2, 0) is 24.4 Å². The molecule has 0 spiro atoms. The van der Waals surface area contributed by atoms with Crippen LogP contribution in [0.2, 0.25) is 0 Å². The third-order valence-corrected chi connectivity index (χ3v) is 5.14. The van der Waals surface area contributed by atoms with Crippen molar-refractivity contribution in [1.82, 2.24) is 10.2 Å². The first-order valence-corrected chi connectivity index (χ1v) is 10.2. The van der Waals surface area contributed by atoms with Gasteiger partial charge in [-0.3, -0.25) is 19.3 Å². The van der Waals surface area contributed by atoms with E-state index in [2.05, 4.69) is 10.1 Å². The Morgan fingerprint density at radius 1 is 0.971 bits per heavy atom. The number of fused-ring (bicyclic) bond motifs is 1. The van der Waals surface area contributed by atoms with Gasteiger partial charge >= 0.3 is 6.18 Å². The number of ether oxygens (including phenoxy) is 1. The van der Waals surface area contributed by atoms with Crippen molar-refractivity contribution < 1.29 is 36.7 Å². The molecule has 0 atom stereocenters. The molecule has 0 saturated heterocycles. The first kappa shape index (κ1) is 23.2. The molecule has 1 aliphatic rings. The van der Waals surface area contributed by atoms with Crippen molar-refractivity contribution in [3.05, 3.63) is 94.4 Å². The van der Waals surface area contributed by atoms with Crippen LogP contribution in [0.25, 0.3) is 0 Å². The molecule has 0 bridgehead atoms. The molecule has 2 heterocycles. The van der Waals surface area contributed by atoms with E-state index in [1.54, 1.807) is 36.4 Å². The maximum absolute atomic E-state index is 12.7. The molecule has 0 unspecified atom stereocenters. The highest BCUT2D eigenvalue weighted by Crippen LogP contribution is 2.26. The van der Waals surface area contributed by atoms with Crippen LogP contribution >= 0.6 is 0 Å². The largest absolute Gasteiger partial charge is 0.467 e. The van der Waals surface area contributed by atoms with Crippen molar-refractivity contribution in [3.63, 3.8) is 0 Å². The summed E-state index contributed by atoms with van der Waals surface area (Å²) >= 11 is 0. The highest BCUT2D eigenvalue weighted by Gasteiger charge is 2.36. The first-order chi connectivity index (χ1) is 16.2. The third-order valence-electron chi connectivity index (χ3n) is 5.14. The van der Waals surface area contributed by atoms with E-state index in [1.807, 2.05) is 0 Å². The smallest absolute Gasteiger partial charge is 0.411 e. The van der Waals surface area contributed by atoms with Gasteiger partial charge in [-0.15, -0.1) is 0 Å². The van der Waals surface area contributed by atoms with Crippen LogP contribution in [0, 0.1) is 0 Å². The molecule has 4 rings (SSSR count). The maximum atomic E-state index is 12.7. The molecule has 34 heavy (non-hydrogen) atoms. The SMILES string of the molecule is O=C(NCc1ccc(COCC(F)(F)F)cc1)c1ccc2c(c1)C(=O)N(Cc1ccco1)C2=O. The lowest BCUT2D eigenvalue weighted by Crippen LogP contribution is -2.28. The van der Waals surface area contributed by atoms with Crippen LogP contribution in [0.15, 0.2) is 65.3 Å². The average molecular weight is 472 g/mol. The number of nitrogens with zero attached hydrogens (tertiary/aromatic N) is 1. The monoisotopic (exact) mass is 472 g/mol. The number of carbonyl (C=O) groups excluding carboxylic acids is 3. The molecule has 0 aliphatic carbocycles. The third kappa shape index (κ3) is 5.34. The number of hydrogen-bond acceptors (Lipinski definition) is 5. The van der Waals surface area contributed by atoms with Crippen molar-refractivity contribution in [2.45, 2.75) is 25.9 Å². The second kappa shape index (κ2) is 9.52. The molecule has 3 aromatic rings. The quantitative estimate of drug-likeness (QED) is 0.499. The highest BCUT2D eigenvalue weighted by molar-refractivity contribution is 6.22. The van der Waals surface area contributed by atoms with E-state index in [0.29, 0.717) is 11.3 Å². The van der Waals surface area contributed by atoms with Crippen LogP contribution in [0.1, 0.15) is 48.0 Å². The number of hydrogen-bond donors (Lipinski definition) is 1. The van der Waals surface area contributed by atoms with E-state index in [-0.39, 0.29) is 36.4 Å². The molecular weight excluding hydrogens is 453 g/mol. The number of carbonyl (C=O) groups is 3. The average Bonchev–Trinajstić information content (AvgIpc) is 3.40. The highest BCUT2D eigenvalue weighted by atomic mass is 19.4. The van der Waals surface area contributed by atoms with Gasteiger partial charge in [-0.05, 0) is 41.5 Å². The van der Waals surface area contributed by atoms with Gasteiger partial charge in [0.2, 0.25) is 0 Å². The Kier molecular flexibility index (Phi) is 6.51. The van der Waals surface area contributed by atoms with E-state index in [1.165, 1.54) is 24.5 Å². The minimum Gasteiger partial charge on any atom is -0.467 e. The van der Waals surface area contributed by atoms with Crippen LogP contribution < -0.4 is 5.32 Å². The van der Waals surface area contributed by atoms with Gasteiger partial charge in [-0.1, -0.05) is 24.3 Å². The van der Waals surface area contributed by atoms with Gasteiger partial charge in [-0.2, -0.15) is 13.2 Å². The number of rotatable bonds is 8. The number of amides is 3. The summed E-state index contributed by atoms with van der Waals surface area (Å²) in [6, 6.07) is 14.2. The number of imide groups is 1. The zero-order valence-electron chi connectivity index (χ0n) is 17.7. The Bertz CT molecular complexity index is 1200. The molecule has 2 aromatic carbocycles. The molecule has 1 N–H and O–H groups in total. The fourth-order valence-electron chi connectivity index (χ4n) is 3.46. The normalized spacial score (nSPS) is 13.3. The van der Waals surface area contributed by atoms with Crippen molar-refractivity contribution >= 4 is 17.7 Å². The van der Waals surface area contributed by atoms with Gasteiger partial charge < -0.3 is 14.5 Å². The van der Waals surface area contributed by atoms with Gasteiger partial charge in [0.05, 0.1) is 30.5 Å². The van der Waals surface area contributed by atoms with Gasteiger partial charge in [0, 0.05) is 12.1 Å². The molecule has 3 amide bonds. The lowest BCUT2D eigenvalue weighted by atomic mass is 10.1. The summed E-state index contributed by atoms with van der Waals surface area (Å²) < 4.78 is 46.2. The molecule has 0 saturated carbocycles. The Morgan fingerprint density at radius 2 is 1.68 bits per heavy atom. The molecule has 176 valence electrons. The van der Waals surface area contributed by atoms with Crippen molar-refractivity contribution in [1.29, 1.82) is 0 Å². The summed E-state index contributed by atoms with van der Waals surface area (Å²) in [5.74, 6) is -0.937. The Labute approximate surface area is 192 Å². The summed E-state index contributed by atoms with van der Waals surface area (Å²) in [5, 5.41) is 2.72. The van der Waals surface area contributed by atoms with Gasteiger partial charge in [-0.25, -0.2) is 0 Å². The van der Waals surface area contributed by atoms with E-state index in [4.69, 9.17) is 4.42 Å². The summed E-state index contributed by atoms with van der Waals surface area (Å²) in [6.07, 6.45) is -2.93. The van der Waals surface area contributed by atoms with Crippen molar-refractivity contribution in [2.24, 2.45) is 0 Å². The fourth-order valence-corrected chi connectivity index (χ4v) is 3.46. The van der Waals surface area contributed by atoms with Gasteiger partial charge in [0.15, 0.2) is 0 Å². The second-order valence-electron chi connectivity index (χ2n) is 7.64. The summed E-state index contributed by atoms with van der Waals surface area (Å²) in [5.41, 5.74) is 1.88. The summed E-state index contributed by atoms with van der Waals surface area (Å²) in [7, 11) is 0. The number of benzene rings is 2. The van der Waals surface area contributed by atoms with Gasteiger partial charge in [0.25, 0.3) is 17.7 Å². The summed E-state index contributed by atoms with van der Waals surface area (Å²) in [6.45, 7) is -1.33. The minimum atomic E-state index is -4.38. The van der Waals surface area contributed by atoms with E-state index in [9.17, 15) is 27.6 Å². The van der Waals surface area contributed by atoms with Crippen molar-refractivity contribution in [2.75, 3.05) is 6.61 Å². The molecule has 7 nitrogen and oxygen atoms in total. The second-order valence-corrected chi connectivity index (χ2v) is 7.64. The maximum Gasteiger partial charge on any atom is 0.411 e. The Morgan fingerprint density at radius 3 is 2.35 bits per heavy atom. The predicted molar refractivity (Wildman–Crippen MR) is 113 cm³/mol. The Hall–Kier alpha value is -3.92. The predicted octanol–water partition coefficient (Wildman–Crippen LogP) is 4.08. The zero-order chi connectivity index (χ0) is 24.3. The van der Waals surface area contributed by atoms with Gasteiger partial charge in [0.1, 0.15) is 12.4 Å². The molecule has 1 aromatic heterocycles. The number of nitrogens with one attached hydrogen (secondary N) is 1. The minimum absolute atomic E-state index is 0.00187. The van der Waals surface area contributed by atoms with Crippen molar-refractivity contribution in [3.8, 4) is 0 Å². The number of halogens is 3. The zero-order valence-corrected chi connectivity index (χ0v) is 17.7. The topological polar surface area (TPSA) is 88.8 Å². The first-order valence-electron chi connectivity index (χ1n) is 10.2. The standard InChI is InChI=1S/C24H19F3N2O5/c25-24(26,27)14-33-13-16-5-3-15(4-6-16)11-28-21(30)17-7-8-19-20(10-17)23(32)29(22(19)31)12-18-2-1-9-34-18/h1-10H,11-14H2,(H,28,30). The van der Waals surface area contributed by atoms with E-state index < -0.39 is 30.5 Å². The van der Waals surface area contributed by atoms with Crippen LogP contribution in [-0.4, -0.2) is 35.4 Å². The summed E-state index contributed by atoms with van der Waals surface area (Å²) in [4.78, 5) is 38.9. The fraction of sp³-hybridized carbons (Fsp3) is 0.208. The lowest BCUT2D eigenvalue weighted by Gasteiger charge is -2.11.